The van der Waals surface area contributed by atoms with E-state index >= 15 is 0 Å². The molecule has 1 fully saturated rings. The van der Waals surface area contributed by atoms with Crippen LogP contribution in [0.3, 0.4) is 0 Å². The van der Waals surface area contributed by atoms with E-state index in [9.17, 15) is 10.2 Å². The molecule has 3 aromatic rings. The number of hydrogen-bond donors (Lipinski definition) is 3. The van der Waals surface area contributed by atoms with Gasteiger partial charge < -0.3 is 25.1 Å². The van der Waals surface area contributed by atoms with E-state index < -0.39 is 12.2 Å². The first-order chi connectivity index (χ1) is 12.0. The lowest BCUT2D eigenvalue weighted by Gasteiger charge is -2.18. The monoisotopic (exact) mass is 340 g/mol. The number of nitrogen functional groups attached to an aromatic ring is 1. The molecule has 0 amide bonds. The molecule has 0 radical (unpaired) electrons. The summed E-state index contributed by atoms with van der Waals surface area (Å²) >= 11 is 0. The molecule has 25 heavy (non-hydrogen) atoms. The van der Waals surface area contributed by atoms with Gasteiger partial charge in [0.2, 0.25) is 0 Å². The molecule has 0 aliphatic heterocycles. The van der Waals surface area contributed by atoms with Gasteiger partial charge in [-0.25, -0.2) is 15.0 Å². The van der Waals surface area contributed by atoms with Crippen LogP contribution < -0.4 is 5.73 Å². The van der Waals surface area contributed by atoms with Crippen LogP contribution >= 0.6 is 0 Å². The summed E-state index contributed by atoms with van der Waals surface area (Å²) < 4.78 is 3.73. The Morgan fingerprint density at radius 3 is 2.84 bits per heavy atom. The van der Waals surface area contributed by atoms with Crippen molar-refractivity contribution in [2.75, 3.05) is 5.73 Å². The molecular formula is C17H20N6O2. The number of aryl methyl sites for hydroxylation is 1. The van der Waals surface area contributed by atoms with Crippen LogP contribution in [0.1, 0.15) is 18.2 Å². The summed E-state index contributed by atoms with van der Waals surface area (Å²) in [5.74, 6) is 0.238. The van der Waals surface area contributed by atoms with Crippen LogP contribution in [-0.2, 0) is 7.05 Å². The zero-order valence-corrected chi connectivity index (χ0v) is 13.8. The predicted octanol–water partition coefficient (Wildman–Crippen LogP) is 0.743. The van der Waals surface area contributed by atoms with Crippen LogP contribution in [0.2, 0.25) is 0 Å². The summed E-state index contributed by atoms with van der Waals surface area (Å²) in [6, 6.07) is 1.56. The minimum atomic E-state index is -0.884. The van der Waals surface area contributed by atoms with Crippen molar-refractivity contribution in [3.8, 4) is 0 Å². The molecule has 4 atom stereocenters. The van der Waals surface area contributed by atoms with E-state index in [1.807, 2.05) is 46.8 Å². The van der Waals surface area contributed by atoms with Gasteiger partial charge in [0.05, 0.1) is 29.6 Å². The minimum Gasteiger partial charge on any atom is -0.390 e. The number of rotatable bonds is 3. The highest BCUT2D eigenvalue weighted by atomic mass is 16.3. The zero-order chi connectivity index (χ0) is 17.6. The molecule has 3 heterocycles. The molecule has 1 aliphatic carbocycles. The molecular weight excluding hydrogens is 320 g/mol. The molecule has 0 aromatic carbocycles. The van der Waals surface area contributed by atoms with E-state index in [1.165, 1.54) is 6.33 Å². The number of aliphatic hydroxyl groups is 2. The van der Waals surface area contributed by atoms with Crippen molar-refractivity contribution in [3.05, 3.63) is 42.9 Å². The average Bonchev–Trinajstić information content (AvgIpc) is 3.27. The first-order valence-corrected chi connectivity index (χ1v) is 8.14. The second-order valence-electron chi connectivity index (χ2n) is 6.49. The number of aromatic nitrogens is 5. The minimum absolute atomic E-state index is 0.168. The molecule has 4 N–H and O–H groups in total. The lowest BCUT2D eigenvalue weighted by molar-refractivity contribution is 0.0139. The summed E-state index contributed by atoms with van der Waals surface area (Å²) in [5, 5.41) is 21.7. The van der Waals surface area contributed by atoms with Crippen LogP contribution in [0, 0.1) is 5.92 Å². The maximum atomic E-state index is 10.5. The van der Waals surface area contributed by atoms with Crippen molar-refractivity contribution in [2.24, 2.45) is 13.0 Å². The van der Waals surface area contributed by atoms with Gasteiger partial charge in [0, 0.05) is 25.4 Å². The van der Waals surface area contributed by atoms with Crippen molar-refractivity contribution in [2.45, 2.75) is 24.7 Å². The van der Waals surface area contributed by atoms with Crippen LogP contribution in [0.5, 0.6) is 0 Å². The molecule has 8 heteroatoms. The Hall–Kier alpha value is -2.71. The third kappa shape index (κ3) is 2.69. The summed E-state index contributed by atoms with van der Waals surface area (Å²) in [5.41, 5.74) is 7.36. The lowest BCUT2D eigenvalue weighted by Crippen LogP contribution is -2.29. The second-order valence-corrected chi connectivity index (χ2v) is 6.49. The maximum Gasteiger partial charge on any atom is 0.145 e. The average molecular weight is 340 g/mol. The van der Waals surface area contributed by atoms with Crippen LogP contribution in [0.15, 0.2) is 37.2 Å². The molecule has 0 spiro atoms. The number of aliphatic hydroxyl groups excluding tert-OH is 2. The largest absolute Gasteiger partial charge is 0.390 e. The van der Waals surface area contributed by atoms with E-state index in [0.29, 0.717) is 17.9 Å². The Labute approximate surface area is 144 Å². The Balaban J connectivity index is 1.61. The first kappa shape index (κ1) is 15.8. The van der Waals surface area contributed by atoms with E-state index in [-0.39, 0.29) is 12.0 Å². The van der Waals surface area contributed by atoms with Gasteiger partial charge in [-0.3, -0.25) is 0 Å². The van der Waals surface area contributed by atoms with E-state index in [4.69, 9.17) is 5.73 Å². The fraction of sp³-hybridized carbons (Fsp3) is 0.353. The third-order valence-electron chi connectivity index (χ3n) is 4.83. The van der Waals surface area contributed by atoms with Crippen molar-refractivity contribution in [1.29, 1.82) is 0 Å². The first-order valence-electron chi connectivity index (χ1n) is 8.14. The normalized spacial score (nSPS) is 26.8. The number of hydrogen-bond acceptors (Lipinski definition) is 6. The van der Waals surface area contributed by atoms with Crippen LogP contribution in [-0.4, -0.2) is 46.5 Å². The number of nitrogens with two attached hydrogens (primary N) is 1. The van der Waals surface area contributed by atoms with Gasteiger partial charge in [-0.1, -0.05) is 6.08 Å². The Morgan fingerprint density at radius 1 is 1.24 bits per heavy atom. The quantitative estimate of drug-likeness (QED) is 0.648. The van der Waals surface area contributed by atoms with Crippen molar-refractivity contribution in [1.82, 2.24) is 24.1 Å². The highest BCUT2D eigenvalue weighted by Gasteiger charge is 2.41. The summed E-state index contributed by atoms with van der Waals surface area (Å²) in [6.45, 7) is 0. The third-order valence-corrected chi connectivity index (χ3v) is 4.83. The van der Waals surface area contributed by atoms with Gasteiger partial charge >= 0.3 is 0 Å². The summed E-state index contributed by atoms with van der Waals surface area (Å²) in [4.78, 5) is 12.5. The topological polar surface area (TPSA) is 115 Å². The van der Waals surface area contributed by atoms with Crippen molar-refractivity contribution >= 4 is 22.9 Å². The Kier molecular flexibility index (Phi) is 3.78. The molecule has 4 rings (SSSR count). The van der Waals surface area contributed by atoms with Gasteiger partial charge in [0.1, 0.15) is 23.9 Å². The molecule has 0 bridgehead atoms. The zero-order valence-electron chi connectivity index (χ0n) is 13.8. The highest BCUT2D eigenvalue weighted by Crippen LogP contribution is 2.38. The van der Waals surface area contributed by atoms with E-state index in [0.717, 1.165) is 11.1 Å². The fourth-order valence-corrected chi connectivity index (χ4v) is 3.51. The highest BCUT2D eigenvalue weighted by molar-refractivity contribution is 5.86. The van der Waals surface area contributed by atoms with Gasteiger partial charge in [-0.05, 0) is 18.6 Å². The number of nitrogens with zero attached hydrogens (tertiary/aromatic N) is 5. The standard InChI is InChI=1S/C17H20N6O2/c1-22-7-11(21-9-22)3-2-10-6-13(15(25)14(10)24)23-5-4-12-16(18)19-8-20-17(12)23/h2-5,7-10,13-15,24-25H,6H2,1H3,(H2,18,19,20)/b3-2+/t10-,13+,14+,15-/m0/s1. The Bertz CT molecular complexity index is 930. The van der Waals surface area contributed by atoms with Crippen molar-refractivity contribution in [3.63, 3.8) is 0 Å². The molecule has 0 unspecified atom stereocenters. The van der Waals surface area contributed by atoms with Crippen molar-refractivity contribution < 1.29 is 10.2 Å². The Morgan fingerprint density at radius 2 is 2.08 bits per heavy atom. The SMILES string of the molecule is Cn1cnc(/C=C/[C@H]2C[C@@H](n3ccc4c(N)ncnc43)[C@H](O)[C@@H]2O)c1. The molecule has 1 saturated carbocycles. The van der Waals surface area contributed by atoms with Crippen LogP contribution in [0.4, 0.5) is 5.82 Å². The van der Waals surface area contributed by atoms with Crippen LogP contribution in [0.25, 0.3) is 17.1 Å². The smallest absolute Gasteiger partial charge is 0.145 e. The molecule has 130 valence electrons. The van der Waals surface area contributed by atoms with E-state index in [2.05, 4.69) is 15.0 Å². The number of imidazole rings is 1. The van der Waals surface area contributed by atoms with E-state index in [1.54, 1.807) is 6.33 Å². The molecule has 8 nitrogen and oxygen atoms in total. The lowest BCUT2D eigenvalue weighted by atomic mass is 10.0. The molecule has 1 aliphatic rings. The molecule has 3 aromatic heterocycles. The summed E-state index contributed by atoms with van der Waals surface area (Å²) in [7, 11) is 1.90. The molecule has 0 saturated heterocycles. The second kappa shape index (κ2) is 5.98. The predicted molar refractivity (Wildman–Crippen MR) is 93.3 cm³/mol. The fourth-order valence-electron chi connectivity index (χ4n) is 3.51. The van der Waals surface area contributed by atoms with Gasteiger partial charge in [-0.15, -0.1) is 0 Å². The van der Waals surface area contributed by atoms with Gasteiger partial charge in [-0.2, -0.15) is 0 Å². The van der Waals surface area contributed by atoms with Gasteiger partial charge in [0.15, 0.2) is 0 Å². The van der Waals surface area contributed by atoms with Gasteiger partial charge in [0.25, 0.3) is 0 Å². The number of fused-ring (bicyclic) bond motifs is 1. The maximum absolute atomic E-state index is 10.5. The summed E-state index contributed by atoms with van der Waals surface area (Å²) in [6.07, 6.45) is 9.50. The number of anilines is 1.